The first kappa shape index (κ1) is 29.7. The molecule has 0 bridgehead atoms. The normalized spacial score (nSPS) is 15.0. The van der Waals surface area contributed by atoms with Crippen molar-refractivity contribution < 1.29 is 14.6 Å². The van der Waals surface area contributed by atoms with Gasteiger partial charge in [-0.1, -0.05) is 67.1 Å². The number of ether oxygens (including phenoxy) is 1. The number of aromatic nitrogens is 2. The van der Waals surface area contributed by atoms with E-state index in [1.165, 1.54) is 44.4 Å². The lowest BCUT2D eigenvalue weighted by Crippen LogP contribution is -2.14. The van der Waals surface area contributed by atoms with E-state index in [9.17, 15) is 9.90 Å². The zero-order chi connectivity index (χ0) is 29.9. The summed E-state index contributed by atoms with van der Waals surface area (Å²) in [6.45, 7) is 5.13. The van der Waals surface area contributed by atoms with Crippen LogP contribution in [0.4, 0.5) is 0 Å². The maximum absolute atomic E-state index is 11.5. The number of thioether (sulfide) groups is 2. The largest absolute Gasteiger partial charge is 0.487 e. The van der Waals surface area contributed by atoms with E-state index in [1.54, 1.807) is 6.92 Å². The fourth-order valence-electron chi connectivity index (χ4n) is 5.57. The third-order valence-corrected chi connectivity index (χ3v) is 10.4. The predicted molar refractivity (Wildman–Crippen MR) is 179 cm³/mol. The van der Waals surface area contributed by atoms with Crippen LogP contribution in [0.15, 0.2) is 90.0 Å². The average Bonchev–Trinajstić information content (AvgIpc) is 3.30. The fraction of sp³-hybridized carbons (Fsp3) is 0.257. The summed E-state index contributed by atoms with van der Waals surface area (Å²) in [5, 5.41) is 11.3. The molecule has 2 atom stereocenters. The second-order valence-corrected chi connectivity index (χ2v) is 14.2. The molecule has 0 radical (unpaired) electrons. The highest BCUT2D eigenvalue weighted by Gasteiger charge is 2.29. The minimum Gasteiger partial charge on any atom is -0.487 e. The summed E-state index contributed by atoms with van der Waals surface area (Å²) >= 11 is 9.59. The van der Waals surface area contributed by atoms with E-state index in [4.69, 9.17) is 16.3 Å². The SMILES string of the molecule is CC1Cc2c(OCc3ccc(-c4ccccc4)cn3)ccc3c2c(c(CCSC(C)C(=O)O)n3Cc2ccc(Cl)cc2)S1. The van der Waals surface area contributed by atoms with Crippen LogP contribution in [-0.4, -0.2) is 36.9 Å². The molecule has 3 aromatic carbocycles. The van der Waals surface area contributed by atoms with Crippen molar-refractivity contribution in [1.82, 2.24) is 9.55 Å². The number of rotatable bonds is 11. The quantitative estimate of drug-likeness (QED) is 0.158. The van der Waals surface area contributed by atoms with Gasteiger partial charge in [-0.25, -0.2) is 0 Å². The number of hydrogen-bond acceptors (Lipinski definition) is 5. The fourth-order valence-corrected chi connectivity index (χ4v) is 7.85. The Bertz CT molecular complexity index is 1740. The lowest BCUT2D eigenvalue weighted by Gasteiger charge is -2.22. The second-order valence-electron chi connectivity index (χ2n) is 10.9. The van der Waals surface area contributed by atoms with E-state index in [0.717, 1.165) is 46.2 Å². The lowest BCUT2D eigenvalue weighted by atomic mass is 10.0. The molecule has 0 saturated heterocycles. The van der Waals surface area contributed by atoms with Crippen molar-refractivity contribution >= 4 is 52.0 Å². The van der Waals surface area contributed by atoms with Gasteiger partial charge in [0, 0.05) is 50.1 Å². The predicted octanol–water partition coefficient (Wildman–Crippen LogP) is 8.77. The van der Waals surface area contributed by atoms with Crippen LogP contribution in [0.25, 0.3) is 22.0 Å². The lowest BCUT2D eigenvalue weighted by molar-refractivity contribution is -0.136. The molecular weight excluding hydrogens is 596 g/mol. The number of carboxylic acid groups (broad SMARTS) is 1. The van der Waals surface area contributed by atoms with E-state index in [-0.39, 0.29) is 0 Å². The van der Waals surface area contributed by atoms with Crippen molar-refractivity contribution in [1.29, 1.82) is 0 Å². The summed E-state index contributed by atoms with van der Waals surface area (Å²) in [5.74, 6) is 0.860. The van der Waals surface area contributed by atoms with Gasteiger partial charge in [-0.05, 0) is 67.0 Å². The molecule has 5 nitrogen and oxygen atoms in total. The standard InChI is InChI=1S/C35H33ClN2O3S2/c1-22-18-29-32(41-21-28-13-10-26(19-37-28)25-6-4-3-5-7-25)15-14-30-33(29)34(43-22)31(16-17-42-23(2)35(39)40)38(30)20-24-8-11-27(36)12-9-24/h3-15,19,22-23H,16-18,20-21H2,1-2H3,(H,39,40). The van der Waals surface area contributed by atoms with Crippen LogP contribution in [0.2, 0.25) is 5.02 Å². The summed E-state index contributed by atoms with van der Waals surface area (Å²) < 4.78 is 8.86. The van der Waals surface area contributed by atoms with E-state index in [1.807, 2.05) is 54.4 Å². The first-order valence-corrected chi connectivity index (χ1v) is 16.7. The maximum Gasteiger partial charge on any atom is 0.316 e. The Morgan fingerprint density at radius 2 is 1.88 bits per heavy atom. The van der Waals surface area contributed by atoms with Gasteiger partial charge in [-0.2, -0.15) is 0 Å². The molecule has 220 valence electrons. The molecule has 1 aliphatic heterocycles. The molecule has 8 heteroatoms. The van der Waals surface area contributed by atoms with Gasteiger partial charge < -0.3 is 14.4 Å². The van der Waals surface area contributed by atoms with E-state index in [2.05, 4.69) is 58.9 Å². The van der Waals surface area contributed by atoms with Gasteiger partial charge in [0.15, 0.2) is 0 Å². The van der Waals surface area contributed by atoms with Gasteiger partial charge in [0.2, 0.25) is 0 Å². The number of pyridine rings is 1. The molecule has 0 fully saturated rings. The van der Waals surface area contributed by atoms with E-state index < -0.39 is 11.2 Å². The monoisotopic (exact) mass is 628 g/mol. The third kappa shape index (κ3) is 6.59. The number of hydrogen-bond donors (Lipinski definition) is 1. The molecule has 1 aliphatic rings. The molecule has 1 N–H and O–H groups in total. The van der Waals surface area contributed by atoms with E-state index in [0.29, 0.717) is 18.4 Å². The van der Waals surface area contributed by atoms with Gasteiger partial charge in [0.25, 0.3) is 0 Å². The van der Waals surface area contributed by atoms with Crippen LogP contribution >= 0.6 is 35.1 Å². The van der Waals surface area contributed by atoms with Crippen LogP contribution in [0.5, 0.6) is 5.75 Å². The topological polar surface area (TPSA) is 64.3 Å². The molecule has 43 heavy (non-hydrogen) atoms. The molecule has 6 rings (SSSR count). The molecule has 5 aromatic rings. The highest BCUT2D eigenvalue weighted by Crippen LogP contribution is 2.47. The summed E-state index contributed by atoms with van der Waals surface area (Å²) in [6.07, 6.45) is 3.61. The Hall–Kier alpha value is -3.39. The molecule has 2 aromatic heterocycles. The van der Waals surface area contributed by atoms with E-state index >= 15 is 0 Å². The third-order valence-electron chi connectivity index (χ3n) is 7.78. The van der Waals surface area contributed by atoms with Crippen molar-refractivity contribution in [2.75, 3.05) is 5.75 Å². The van der Waals surface area contributed by atoms with Crippen molar-refractivity contribution in [2.45, 2.75) is 55.2 Å². The molecule has 2 unspecified atom stereocenters. The number of aliphatic carboxylic acids is 1. The minimum atomic E-state index is -0.774. The highest BCUT2D eigenvalue weighted by molar-refractivity contribution is 8.00. The van der Waals surface area contributed by atoms with Gasteiger partial charge in [-0.15, -0.1) is 23.5 Å². The molecule has 0 saturated carbocycles. The van der Waals surface area contributed by atoms with Crippen LogP contribution in [0.3, 0.4) is 0 Å². The van der Waals surface area contributed by atoms with Crippen molar-refractivity contribution in [3.05, 3.63) is 113 Å². The van der Waals surface area contributed by atoms with Crippen molar-refractivity contribution in [3.8, 4) is 16.9 Å². The Morgan fingerprint density at radius 3 is 2.60 bits per heavy atom. The van der Waals surface area contributed by atoms with Crippen LogP contribution in [-0.2, 0) is 30.8 Å². The van der Waals surface area contributed by atoms with Gasteiger partial charge in [0.05, 0.1) is 16.5 Å². The molecular formula is C35H33ClN2O3S2. The smallest absolute Gasteiger partial charge is 0.316 e. The molecule has 0 amide bonds. The van der Waals surface area contributed by atoms with Gasteiger partial charge in [-0.3, -0.25) is 9.78 Å². The number of benzene rings is 3. The first-order chi connectivity index (χ1) is 20.9. The summed E-state index contributed by atoms with van der Waals surface area (Å²) in [7, 11) is 0. The van der Waals surface area contributed by atoms with Gasteiger partial charge in [0.1, 0.15) is 12.4 Å². The highest BCUT2D eigenvalue weighted by atomic mass is 35.5. The number of nitrogens with zero attached hydrogens (tertiary/aromatic N) is 2. The molecule has 0 spiro atoms. The maximum atomic E-state index is 11.5. The zero-order valence-corrected chi connectivity index (χ0v) is 26.5. The Morgan fingerprint density at radius 1 is 1.09 bits per heavy atom. The zero-order valence-electron chi connectivity index (χ0n) is 24.1. The van der Waals surface area contributed by atoms with Crippen LogP contribution < -0.4 is 4.74 Å². The number of halogens is 1. The first-order valence-electron chi connectivity index (χ1n) is 14.4. The molecule has 0 aliphatic carbocycles. The van der Waals surface area contributed by atoms with Crippen LogP contribution in [0.1, 0.15) is 36.4 Å². The van der Waals surface area contributed by atoms with Gasteiger partial charge >= 0.3 is 5.97 Å². The summed E-state index contributed by atoms with van der Waals surface area (Å²) in [5.41, 5.74) is 7.96. The minimum absolute atomic E-state index is 0.388. The molecule has 3 heterocycles. The Kier molecular flexibility index (Phi) is 9.03. The Labute approximate surface area is 265 Å². The Balaban J connectivity index is 1.32. The van der Waals surface area contributed by atoms with Crippen molar-refractivity contribution in [3.63, 3.8) is 0 Å². The number of carbonyl (C=O) groups is 1. The van der Waals surface area contributed by atoms with Crippen molar-refractivity contribution in [2.24, 2.45) is 0 Å². The summed E-state index contributed by atoms with van der Waals surface area (Å²) in [4.78, 5) is 17.4. The average molecular weight is 629 g/mol. The number of carboxylic acids is 1. The second kappa shape index (κ2) is 13.1. The van der Waals surface area contributed by atoms with Crippen LogP contribution in [0, 0.1) is 0 Å². The summed E-state index contributed by atoms with van der Waals surface area (Å²) in [6, 6.07) is 26.7.